The van der Waals surface area contributed by atoms with Crippen LogP contribution in [0, 0.1) is 23.7 Å². The maximum atomic E-state index is 11.8. The average Bonchev–Trinajstić information content (AvgIpc) is 2.20. The van der Waals surface area contributed by atoms with Crippen molar-refractivity contribution in [3.8, 4) is 0 Å². The van der Waals surface area contributed by atoms with Gasteiger partial charge in [-0.1, -0.05) is 40.5 Å². The highest BCUT2D eigenvalue weighted by atomic mass is 16.1. The lowest BCUT2D eigenvalue weighted by Gasteiger charge is -2.30. The van der Waals surface area contributed by atoms with Crippen molar-refractivity contribution in [2.75, 3.05) is 0 Å². The van der Waals surface area contributed by atoms with E-state index < -0.39 is 0 Å². The number of Topliss-reactive ketones (excluding diaryl/α,β-unsaturated/α-hetero) is 1. The van der Waals surface area contributed by atoms with Gasteiger partial charge >= 0.3 is 0 Å². The molecule has 0 aromatic heterocycles. The Labute approximate surface area is 101 Å². The van der Waals surface area contributed by atoms with Gasteiger partial charge in [-0.3, -0.25) is 4.79 Å². The summed E-state index contributed by atoms with van der Waals surface area (Å²) in [7, 11) is 0. The Bertz CT molecular complexity index is 217. The molecule has 2 atom stereocenters. The van der Waals surface area contributed by atoms with Crippen LogP contribution in [0.15, 0.2) is 0 Å². The third-order valence-electron chi connectivity index (χ3n) is 4.08. The molecule has 0 amide bonds. The van der Waals surface area contributed by atoms with Crippen molar-refractivity contribution in [2.24, 2.45) is 23.7 Å². The zero-order valence-corrected chi connectivity index (χ0v) is 11.5. The lowest BCUT2D eigenvalue weighted by Crippen LogP contribution is -2.27. The molecule has 0 spiro atoms. The summed E-state index contributed by atoms with van der Waals surface area (Å²) in [6.07, 6.45) is 6.79. The number of hydrogen-bond acceptors (Lipinski definition) is 1. The van der Waals surface area contributed by atoms with Crippen LogP contribution in [0.25, 0.3) is 0 Å². The summed E-state index contributed by atoms with van der Waals surface area (Å²) in [5.74, 6) is 3.25. The molecule has 0 aromatic rings. The van der Waals surface area contributed by atoms with Gasteiger partial charge in [0, 0.05) is 12.3 Å². The van der Waals surface area contributed by atoms with Crippen LogP contribution in [-0.2, 0) is 4.79 Å². The van der Waals surface area contributed by atoms with E-state index in [-0.39, 0.29) is 0 Å². The Kier molecular flexibility index (Phi) is 5.51. The molecule has 0 aliphatic heterocycles. The molecule has 0 radical (unpaired) electrons. The minimum atomic E-state index is 0.389. The number of carbonyl (C=O) groups excluding carboxylic acids is 1. The van der Waals surface area contributed by atoms with Gasteiger partial charge in [0.25, 0.3) is 0 Å². The van der Waals surface area contributed by atoms with Gasteiger partial charge in [-0.15, -0.1) is 0 Å². The van der Waals surface area contributed by atoms with E-state index in [1.165, 1.54) is 12.8 Å². The standard InChI is InChI=1S/C15H28O/c1-11(2)6-5-7-14-10-13(12(3)4)8-9-15(14)16/h11-14H,5-10H2,1-4H3. The van der Waals surface area contributed by atoms with Crippen LogP contribution in [0.5, 0.6) is 0 Å². The zero-order chi connectivity index (χ0) is 12.1. The van der Waals surface area contributed by atoms with Gasteiger partial charge in [-0.2, -0.15) is 0 Å². The monoisotopic (exact) mass is 224 g/mol. The van der Waals surface area contributed by atoms with Crippen LogP contribution < -0.4 is 0 Å². The van der Waals surface area contributed by atoms with E-state index in [2.05, 4.69) is 27.7 Å². The second-order valence-corrected chi connectivity index (χ2v) is 6.27. The van der Waals surface area contributed by atoms with E-state index in [9.17, 15) is 4.79 Å². The van der Waals surface area contributed by atoms with Gasteiger partial charge in [0.05, 0.1) is 0 Å². The Morgan fingerprint density at radius 2 is 1.94 bits per heavy atom. The molecule has 1 rings (SSSR count). The molecule has 1 aliphatic carbocycles. The number of carbonyl (C=O) groups is 1. The molecular formula is C15H28O. The number of ketones is 1. The summed E-state index contributed by atoms with van der Waals surface area (Å²) in [6.45, 7) is 9.12. The maximum Gasteiger partial charge on any atom is 0.135 e. The molecule has 2 unspecified atom stereocenters. The van der Waals surface area contributed by atoms with Crippen molar-refractivity contribution in [1.82, 2.24) is 0 Å². The lowest BCUT2D eigenvalue weighted by molar-refractivity contribution is -0.126. The first-order chi connectivity index (χ1) is 7.50. The normalized spacial score (nSPS) is 26.8. The molecule has 1 saturated carbocycles. The molecular weight excluding hydrogens is 196 g/mol. The van der Waals surface area contributed by atoms with Crippen LogP contribution in [-0.4, -0.2) is 5.78 Å². The minimum absolute atomic E-state index is 0.389. The smallest absolute Gasteiger partial charge is 0.135 e. The Balaban J connectivity index is 2.35. The summed E-state index contributed by atoms with van der Waals surface area (Å²) in [5.41, 5.74) is 0. The highest BCUT2D eigenvalue weighted by Gasteiger charge is 2.29. The SMILES string of the molecule is CC(C)CCCC1CC(C(C)C)CCC1=O. The van der Waals surface area contributed by atoms with Crippen molar-refractivity contribution in [2.45, 2.75) is 66.2 Å². The molecule has 1 fully saturated rings. The third-order valence-corrected chi connectivity index (χ3v) is 4.08. The molecule has 0 saturated heterocycles. The zero-order valence-electron chi connectivity index (χ0n) is 11.5. The molecule has 1 heteroatoms. The predicted molar refractivity (Wildman–Crippen MR) is 69.4 cm³/mol. The average molecular weight is 224 g/mol. The summed E-state index contributed by atoms with van der Waals surface area (Å²) in [6, 6.07) is 0. The molecule has 0 aromatic carbocycles. The van der Waals surface area contributed by atoms with Gasteiger partial charge in [0.1, 0.15) is 5.78 Å². The molecule has 94 valence electrons. The van der Waals surface area contributed by atoms with E-state index in [0.717, 1.165) is 43.4 Å². The van der Waals surface area contributed by atoms with Crippen LogP contribution in [0.1, 0.15) is 66.2 Å². The molecule has 0 heterocycles. The number of hydrogen-bond donors (Lipinski definition) is 0. The highest BCUT2D eigenvalue weighted by Crippen LogP contribution is 2.34. The number of rotatable bonds is 5. The van der Waals surface area contributed by atoms with Crippen molar-refractivity contribution in [3.63, 3.8) is 0 Å². The Morgan fingerprint density at radius 3 is 2.50 bits per heavy atom. The largest absolute Gasteiger partial charge is 0.299 e. The first kappa shape index (κ1) is 13.7. The van der Waals surface area contributed by atoms with Gasteiger partial charge in [-0.05, 0) is 37.0 Å². The molecule has 1 nitrogen and oxygen atoms in total. The molecule has 0 bridgehead atoms. The fraction of sp³-hybridized carbons (Fsp3) is 0.933. The van der Waals surface area contributed by atoms with E-state index >= 15 is 0 Å². The Hall–Kier alpha value is -0.330. The topological polar surface area (TPSA) is 17.1 Å². The minimum Gasteiger partial charge on any atom is -0.299 e. The molecule has 16 heavy (non-hydrogen) atoms. The summed E-state index contributed by atoms with van der Waals surface area (Å²) in [4.78, 5) is 11.8. The van der Waals surface area contributed by atoms with Gasteiger partial charge in [-0.25, -0.2) is 0 Å². The van der Waals surface area contributed by atoms with E-state index in [1.54, 1.807) is 0 Å². The Morgan fingerprint density at radius 1 is 1.25 bits per heavy atom. The van der Waals surface area contributed by atoms with Crippen LogP contribution in [0.3, 0.4) is 0 Å². The summed E-state index contributed by atoms with van der Waals surface area (Å²) >= 11 is 0. The second kappa shape index (κ2) is 6.42. The summed E-state index contributed by atoms with van der Waals surface area (Å²) in [5, 5.41) is 0. The second-order valence-electron chi connectivity index (χ2n) is 6.27. The first-order valence-corrected chi connectivity index (χ1v) is 7.03. The van der Waals surface area contributed by atoms with Gasteiger partial charge < -0.3 is 0 Å². The van der Waals surface area contributed by atoms with E-state index in [1.807, 2.05) is 0 Å². The third kappa shape index (κ3) is 4.27. The van der Waals surface area contributed by atoms with Gasteiger partial charge in [0.2, 0.25) is 0 Å². The van der Waals surface area contributed by atoms with E-state index in [0.29, 0.717) is 11.7 Å². The summed E-state index contributed by atoms with van der Waals surface area (Å²) < 4.78 is 0. The highest BCUT2D eigenvalue weighted by molar-refractivity contribution is 5.81. The fourth-order valence-corrected chi connectivity index (χ4v) is 2.80. The fourth-order valence-electron chi connectivity index (χ4n) is 2.80. The predicted octanol–water partition coefficient (Wildman–Crippen LogP) is 4.45. The van der Waals surface area contributed by atoms with Crippen molar-refractivity contribution in [1.29, 1.82) is 0 Å². The van der Waals surface area contributed by atoms with Crippen LogP contribution in [0.2, 0.25) is 0 Å². The molecule has 0 N–H and O–H groups in total. The van der Waals surface area contributed by atoms with Crippen molar-refractivity contribution in [3.05, 3.63) is 0 Å². The van der Waals surface area contributed by atoms with Crippen LogP contribution in [0.4, 0.5) is 0 Å². The van der Waals surface area contributed by atoms with Gasteiger partial charge in [0.15, 0.2) is 0 Å². The quantitative estimate of drug-likeness (QED) is 0.674. The lowest BCUT2D eigenvalue weighted by atomic mass is 9.74. The van der Waals surface area contributed by atoms with Crippen molar-refractivity contribution >= 4 is 5.78 Å². The first-order valence-electron chi connectivity index (χ1n) is 7.03. The molecule has 1 aliphatic rings. The van der Waals surface area contributed by atoms with Crippen molar-refractivity contribution < 1.29 is 4.79 Å². The maximum absolute atomic E-state index is 11.8. The van der Waals surface area contributed by atoms with Crippen LogP contribution >= 0.6 is 0 Å². The van der Waals surface area contributed by atoms with E-state index in [4.69, 9.17) is 0 Å².